The molecule has 0 radical (unpaired) electrons. The molecule has 272 valence electrons. The lowest BCUT2D eigenvalue weighted by atomic mass is 9.86. The van der Waals surface area contributed by atoms with Gasteiger partial charge in [-0.2, -0.15) is 5.10 Å². The summed E-state index contributed by atoms with van der Waals surface area (Å²) in [6.45, 7) is 15.8. The maximum absolute atomic E-state index is 13.6. The molecule has 0 spiro atoms. The smallest absolute Gasteiger partial charge is 0.414 e. The van der Waals surface area contributed by atoms with Crippen molar-refractivity contribution < 1.29 is 42.5 Å². The SMILES string of the molecule is COC(=O)[C@@H](NC(=O)c1nn(Cc2ccc(F)cc2)c2cc(OCCN=C(NC(=O)OC(C)(C)C)NC(=O)OC(C)(C)C)ccc12)C(C)(C)C. The molecule has 0 saturated carbocycles. The van der Waals surface area contributed by atoms with Gasteiger partial charge in [-0.15, -0.1) is 0 Å². The molecule has 14 nitrogen and oxygen atoms in total. The number of benzene rings is 2. The van der Waals surface area contributed by atoms with Gasteiger partial charge < -0.3 is 24.3 Å². The van der Waals surface area contributed by atoms with Crippen LogP contribution < -0.4 is 20.7 Å². The number of hydrogen-bond acceptors (Lipinski definition) is 10. The summed E-state index contributed by atoms with van der Waals surface area (Å²) in [5.74, 6) is -1.35. The topological polar surface area (TPSA) is 171 Å². The summed E-state index contributed by atoms with van der Waals surface area (Å²) in [5, 5.41) is 12.6. The number of alkyl carbamates (subject to hydrolysis) is 2. The number of halogens is 1. The molecule has 0 aliphatic heterocycles. The zero-order chi connectivity index (χ0) is 37.4. The number of fused-ring (bicyclic) bond motifs is 1. The first-order valence-electron chi connectivity index (χ1n) is 16.0. The summed E-state index contributed by atoms with van der Waals surface area (Å²) in [6, 6.07) is 9.94. The first-order valence-corrected chi connectivity index (χ1v) is 16.0. The molecule has 50 heavy (non-hydrogen) atoms. The molecule has 3 amide bonds. The van der Waals surface area contributed by atoms with Crippen LogP contribution in [0.3, 0.4) is 0 Å². The molecule has 3 aromatic rings. The standard InChI is InChI=1S/C35H47FN6O8/c1-33(2,3)27(29(44)47-10)38-28(43)26-24-16-15-23(19-25(24)42(41-26)20-21-11-13-22(36)14-12-21)48-18-17-37-30(39-31(45)49-34(4,5)6)40-32(46)50-35(7,8)9/h11-16,19,27H,17-18,20H2,1-10H3,(H,38,43)(H2,37,39,40,45,46)/t27-/m1/s1. The highest BCUT2D eigenvalue weighted by Crippen LogP contribution is 2.27. The van der Waals surface area contributed by atoms with Crippen LogP contribution >= 0.6 is 0 Å². The van der Waals surface area contributed by atoms with Gasteiger partial charge in [0.2, 0.25) is 5.96 Å². The number of carbonyl (C=O) groups is 4. The number of aromatic nitrogens is 2. The number of hydrogen-bond donors (Lipinski definition) is 3. The maximum Gasteiger partial charge on any atom is 0.414 e. The van der Waals surface area contributed by atoms with E-state index in [4.69, 9.17) is 18.9 Å². The molecule has 3 rings (SSSR count). The molecule has 0 aliphatic rings. The van der Waals surface area contributed by atoms with Gasteiger partial charge in [0.25, 0.3) is 5.91 Å². The molecular formula is C35H47FN6O8. The normalized spacial score (nSPS) is 12.4. The van der Waals surface area contributed by atoms with Crippen molar-refractivity contribution >= 4 is 40.9 Å². The van der Waals surface area contributed by atoms with Gasteiger partial charge in [0.1, 0.15) is 35.4 Å². The van der Waals surface area contributed by atoms with Crippen LogP contribution in [0.4, 0.5) is 14.0 Å². The maximum atomic E-state index is 13.6. The highest BCUT2D eigenvalue weighted by atomic mass is 19.1. The third kappa shape index (κ3) is 12.0. The second-order valence-electron chi connectivity index (χ2n) is 14.4. The summed E-state index contributed by atoms with van der Waals surface area (Å²) in [4.78, 5) is 55.1. The van der Waals surface area contributed by atoms with Crippen LogP contribution in [0, 0.1) is 11.2 Å². The lowest BCUT2D eigenvalue weighted by molar-refractivity contribution is -0.145. The van der Waals surface area contributed by atoms with Crippen LogP contribution in [0.25, 0.3) is 10.9 Å². The van der Waals surface area contributed by atoms with E-state index < -0.39 is 46.7 Å². The number of aliphatic imine (C=N–C) groups is 1. The van der Waals surface area contributed by atoms with Gasteiger partial charge in [-0.25, -0.2) is 23.8 Å². The summed E-state index contributed by atoms with van der Waals surface area (Å²) >= 11 is 0. The van der Waals surface area contributed by atoms with E-state index in [0.29, 0.717) is 16.7 Å². The Labute approximate surface area is 291 Å². The van der Waals surface area contributed by atoms with Crippen LogP contribution in [0.5, 0.6) is 5.75 Å². The van der Waals surface area contributed by atoms with Gasteiger partial charge >= 0.3 is 18.2 Å². The van der Waals surface area contributed by atoms with Crippen molar-refractivity contribution in [1.82, 2.24) is 25.7 Å². The van der Waals surface area contributed by atoms with Gasteiger partial charge in [-0.05, 0) is 76.8 Å². The van der Waals surface area contributed by atoms with Crippen LogP contribution in [0.2, 0.25) is 0 Å². The fourth-order valence-corrected chi connectivity index (χ4v) is 4.47. The molecule has 15 heteroatoms. The van der Waals surface area contributed by atoms with Crippen molar-refractivity contribution in [3.8, 4) is 5.75 Å². The average Bonchev–Trinajstić information content (AvgIpc) is 3.33. The molecule has 0 aliphatic carbocycles. The number of methoxy groups -OCH3 is 1. The quantitative estimate of drug-likeness (QED) is 0.0879. The fourth-order valence-electron chi connectivity index (χ4n) is 4.47. The first-order chi connectivity index (χ1) is 23.1. The van der Waals surface area contributed by atoms with E-state index in [2.05, 4.69) is 26.0 Å². The second kappa shape index (κ2) is 16.0. The highest BCUT2D eigenvalue weighted by molar-refractivity contribution is 6.06. The van der Waals surface area contributed by atoms with Gasteiger partial charge in [0, 0.05) is 11.5 Å². The summed E-state index contributed by atoms with van der Waals surface area (Å²) in [7, 11) is 1.25. The van der Waals surface area contributed by atoms with Crippen LogP contribution in [0.15, 0.2) is 47.5 Å². The lowest BCUT2D eigenvalue weighted by Crippen LogP contribution is -2.49. The largest absolute Gasteiger partial charge is 0.492 e. The van der Waals surface area contributed by atoms with Crippen molar-refractivity contribution in [3.05, 3.63) is 59.5 Å². The Bertz CT molecular complexity index is 1680. The number of rotatable bonds is 9. The van der Waals surface area contributed by atoms with Crippen LogP contribution in [-0.4, -0.2) is 77.3 Å². The van der Waals surface area contributed by atoms with Gasteiger partial charge in [0.15, 0.2) is 5.69 Å². The predicted octanol–water partition coefficient (Wildman–Crippen LogP) is 5.33. The Morgan fingerprint density at radius 1 is 0.880 bits per heavy atom. The fraction of sp³-hybridized carbons (Fsp3) is 0.486. The van der Waals surface area contributed by atoms with E-state index in [-0.39, 0.29) is 37.2 Å². The minimum Gasteiger partial charge on any atom is -0.492 e. The van der Waals surface area contributed by atoms with Crippen molar-refractivity contribution in [1.29, 1.82) is 0 Å². The molecule has 0 bridgehead atoms. The van der Waals surface area contributed by atoms with Crippen molar-refractivity contribution in [2.24, 2.45) is 10.4 Å². The second-order valence-corrected chi connectivity index (χ2v) is 14.4. The molecule has 1 aromatic heterocycles. The minimum absolute atomic E-state index is 0.00316. The van der Waals surface area contributed by atoms with E-state index >= 15 is 0 Å². The zero-order valence-electron chi connectivity index (χ0n) is 30.2. The Hall–Kier alpha value is -5.21. The molecule has 0 saturated heterocycles. The van der Waals surface area contributed by atoms with Crippen molar-refractivity contribution in [2.75, 3.05) is 20.3 Å². The summed E-state index contributed by atoms with van der Waals surface area (Å²) < 4.78 is 36.6. The number of carbonyl (C=O) groups excluding carboxylic acids is 4. The Morgan fingerprint density at radius 3 is 1.98 bits per heavy atom. The molecular weight excluding hydrogens is 651 g/mol. The van der Waals surface area contributed by atoms with Crippen molar-refractivity contribution in [2.45, 2.75) is 86.1 Å². The molecule has 2 aromatic carbocycles. The Kier molecular flexibility index (Phi) is 12.6. The highest BCUT2D eigenvalue weighted by Gasteiger charge is 2.35. The van der Waals surface area contributed by atoms with E-state index in [9.17, 15) is 23.6 Å². The third-order valence-electron chi connectivity index (χ3n) is 6.63. The summed E-state index contributed by atoms with van der Waals surface area (Å²) in [5.41, 5.74) is -0.895. The Balaban J connectivity index is 1.87. The first kappa shape index (κ1) is 39.2. The summed E-state index contributed by atoms with van der Waals surface area (Å²) in [6.07, 6.45) is -1.65. The van der Waals surface area contributed by atoms with Gasteiger partial charge in [0.05, 0.1) is 25.7 Å². The Morgan fingerprint density at radius 2 is 1.46 bits per heavy atom. The number of amides is 3. The molecule has 1 heterocycles. The van der Waals surface area contributed by atoms with E-state index in [1.54, 1.807) is 97.3 Å². The number of nitrogens with one attached hydrogen (secondary N) is 3. The van der Waals surface area contributed by atoms with E-state index in [1.807, 2.05) is 0 Å². The third-order valence-corrected chi connectivity index (χ3v) is 6.63. The van der Waals surface area contributed by atoms with E-state index in [0.717, 1.165) is 5.56 Å². The van der Waals surface area contributed by atoms with Gasteiger partial charge in [-0.3, -0.25) is 20.1 Å². The molecule has 1 atom stereocenters. The monoisotopic (exact) mass is 698 g/mol. The predicted molar refractivity (Wildman–Crippen MR) is 184 cm³/mol. The van der Waals surface area contributed by atoms with Crippen LogP contribution in [-0.2, 0) is 25.5 Å². The molecule has 0 fully saturated rings. The number of ether oxygens (including phenoxy) is 4. The molecule has 0 unspecified atom stereocenters. The molecule has 3 N–H and O–H groups in total. The van der Waals surface area contributed by atoms with E-state index in [1.165, 1.54) is 19.2 Å². The lowest BCUT2D eigenvalue weighted by Gasteiger charge is -2.28. The zero-order valence-corrected chi connectivity index (χ0v) is 30.2. The number of guanidine groups is 1. The van der Waals surface area contributed by atoms with Gasteiger partial charge in [-0.1, -0.05) is 32.9 Å². The number of esters is 1. The van der Waals surface area contributed by atoms with Crippen LogP contribution in [0.1, 0.15) is 78.4 Å². The van der Waals surface area contributed by atoms with Crippen molar-refractivity contribution in [3.63, 3.8) is 0 Å². The average molecular weight is 699 g/mol. The number of nitrogens with zero attached hydrogens (tertiary/aromatic N) is 3. The minimum atomic E-state index is -0.944.